The Balaban J connectivity index is 1.56. The van der Waals surface area contributed by atoms with E-state index in [2.05, 4.69) is 0 Å². The fourth-order valence-corrected chi connectivity index (χ4v) is 6.75. The van der Waals surface area contributed by atoms with E-state index in [1.54, 1.807) is 43.5 Å². The molecule has 11 heteroatoms. The van der Waals surface area contributed by atoms with E-state index in [0.29, 0.717) is 16.9 Å². The number of aliphatic hydroxyl groups excluding tert-OH is 2. The van der Waals surface area contributed by atoms with Crippen LogP contribution in [-0.2, 0) is 30.2 Å². The Hall–Kier alpha value is -3.87. The van der Waals surface area contributed by atoms with Crippen molar-refractivity contribution in [3.63, 3.8) is 0 Å². The molecule has 228 valence electrons. The summed E-state index contributed by atoms with van der Waals surface area (Å²) in [6.07, 6.45) is -3.03. The lowest BCUT2D eigenvalue weighted by Gasteiger charge is -2.40. The molecule has 3 aliphatic rings. The summed E-state index contributed by atoms with van der Waals surface area (Å²) in [7, 11) is 4.21. The molecule has 0 radical (unpaired) electrons. The molecule has 0 bridgehead atoms. The first-order valence-corrected chi connectivity index (χ1v) is 13.9. The summed E-state index contributed by atoms with van der Waals surface area (Å²) in [4.78, 5) is 13.4. The third-order valence-electron chi connectivity index (χ3n) is 8.57. The molecule has 0 amide bonds. The van der Waals surface area contributed by atoms with Gasteiger partial charge in [-0.15, -0.1) is 0 Å². The summed E-state index contributed by atoms with van der Waals surface area (Å²) >= 11 is 0. The van der Waals surface area contributed by atoms with Crippen LogP contribution in [0.25, 0.3) is 0 Å². The molecule has 2 fully saturated rings. The van der Waals surface area contributed by atoms with Crippen molar-refractivity contribution < 1.29 is 53.3 Å². The maximum absolute atomic E-state index is 13.4. The van der Waals surface area contributed by atoms with E-state index in [9.17, 15) is 20.1 Å². The number of methoxy groups -OCH3 is 3. The van der Waals surface area contributed by atoms with Crippen LogP contribution in [0, 0.1) is 5.92 Å². The monoisotopic (exact) mass is 594 g/mol. The maximum atomic E-state index is 13.4. The molecule has 7 atom stereocenters. The summed E-state index contributed by atoms with van der Waals surface area (Å²) in [6, 6.07) is 19.2. The summed E-state index contributed by atoms with van der Waals surface area (Å²) in [5, 5.41) is 34.4. The number of carbonyl (C=O) groups is 1. The minimum Gasteiger partial charge on any atom is -0.497 e. The van der Waals surface area contributed by atoms with E-state index in [0.717, 1.165) is 0 Å². The van der Waals surface area contributed by atoms with Gasteiger partial charge in [-0.3, -0.25) is 4.79 Å². The third-order valence-corrected chi connectivity index (χ3v) is 8.57. The van der Waals surface area contributed by atoms with Gasteiger partial charge < -0.3 is 48.5 Å². The van der Waals surface area contributed by atoms with Gasteiger partial charge in [0.2, 0.25) is 6.29 Å². The van der Waals surface area contributed by atoms with Gasteiger partial charge in [-0.2, -0.15) is 0 Å². The van der Waals surface area contributed by atoms with Gasteiger partial charge in [-0.05, 0) is 23.3 Å². The van der Waals surface area contributed by atoms with Crippen molar-refractivity contribution in [1.29, 1.82) is 0 Å². The van der Waals surface area contributed by atoms with Crippen LogP contribution in [0.3, 0.4) is 0 Å². The quantitative estimate of drug-likeness (QED) is 0.331. The molecule has 3 aromatic carbocycles. The minimum atomic E-state index is -2.19. The molecule has 0 unspecified atom stereocenters. The average molecular weight is 595 g/mol. The number of aliphatic hydroxyl groups is 3. The zero-order valence-corrected chi connectivity index (χ0v) is 24.0. The molecule has 3 aromatic rings. The highest BCUT2D eigenvalue weighted by Gasteiger charge is 2.78. The number of benzene rings is 3. The number of hydrogen-bond donors (Lipinski definition) is 3. The molecule has 3 N–H and O–H groups in total. The molecule has 2 heterocycles. The maximum Gasteiger partial charge on any atom is 0.312 e. The van der Waals surface area contributed by atoms with Crippen molar-refractivity contribution in [3.8, 4) is 23.0 Å². The molecule has 6 rings (SSSR count). The third kappa shape index (κ3) is 4.42. The first kappa shape index (κ1) is 29.2. The van der Waals surface area contributed by atoms with Crippen molar-refractivity contribution in [1.82, 2.24) is 0 Å². The Morgan fingerprint density at radius 3 is 2.37 bits per heavy atom. The Morgan fingerprint density at radius 1 is 0.977 bits per heavy atom. The molecular formula is C32H34O11. The predicted molar refractivity (Wildman–Crippen MR) is 150 cm³/mol. The topological polar surface area (TPSA) is 142 Å². The van der Waals surface area contributed by atoms with E-state index < -0.39 is 47.5 Å². The van der Waals surface area contributed by atoms with Gasteiger partial charge in [0, 0.05) is 18.1 Å². The second-order valence-corrected chi connectivity index (χ2v) is 10.7. The average Bonchev–Trinajstić information content (AvgIpc) is 3.42. The first-order chi connectivity index (χ1) is 20.8. The molecule has 2 aliphatic heterocycles. The van der Waals surface area contributed by atoms with Gasteiger partial charge in [-0.1, -0.05) is 42.5 Å². The molecule has 0 aromatic heterocycles. The van der Waals surface area contributed by atoms with E-state index in [-0.39, 0.29) is 42.6 Å². The summed E-state index contributed by atoms with van der Waals surface area (Å²) < 4.78 is 40.4. The van der Waals surface area contributed by atoms with Crippen LogP contribution in [0.2, 0.25) is 0 Å². The fraction of sp³-hybridized carbons (Fsp3) is 0.406. The summed E-state index contributed by atoms with van der Waals surface area (Å²) in [6.45, 7) is 0.143. The van der Waals surface area contributed by atoms with Gasteiger partial charge in [-0.25, -0.2) is 0 Å². The number of fused-ring (bicyclic) bond motifs is 3. The van der Waals surface area contributed by atoms with Crippen molar-refractivity contribution in [3.05, 3.63) is 83.4 Å². The van der Waals surface area contributed by atoms with E-state index in [4.69, 9.17) is 33.2 Å². The second kappa shape index (κ2) is 11.3. The highest BCUT2D eigenvalue weighted by atomic mass is 16.7. The Kier molecular flexibility index (Phi) is 7.69. The van der Waals surface area contributed by atoms with Crippen LogP contribution in [0.5, 0.6) is 23.0 Å². The van der Waals surface area contributed by atoms with Crippen molar-refractivity contribution >= 4 is 5.97 Å². The van der Waals surface area contributed by atoms with E-state index >= 15 is 0 Å². The number of hydrogen-bond acceptors (Lipinski definition) is 11. The Bertz CT molecular complexity index is 1460. The molecule has 1 saturated heterocycles. The number of carbonyl (C=O) groups excluding carboxylic acids is 1. The Morgan fingerprint density at radius 2 is 1.72 bits per heavy atom. The van der Waals surface area contributed by atoms with Crippen LogP contribution in [0.4, 0.5) is 0 Å². The van der Waals surface area contributed by atoms with E-state index in [1.807, 2.05) is 30.3 Å². The first-order valence-electron chi connectivity index (χ1n) is 13.9. The van der Waals surface area contributed by atoms with Gasteiger partial charge in [0.05, 0.1) is 46.0 Å². The second-order valence-electron chi connectivity index (χ2n) is 10.7. The zero-order chi connectivity index (χ0) is 30.4. The predicted octanol–water partition coefficient (Wildman–Crippen LogP) is 2.24. The van der Waals surface area contributed by atoms with Crippen molar-refractivity contribution in [2.75, 3.05) is 41.2 Å². The van der Waals surface area contributed by atoms with Crippen molar-refractivity contribution in [2.24, 2.45) is 5.92 Å². The highest BCUT2D eigenvalue weighted by Crippen LogP contribution is 2.70. The van der Waals surface area contributed by atoms with Crippen LogP contribution in [-0.4, -0.2) is 80.9 Å². The lowest BCUT2D eigenvalue weighted by molar-refractivity contribution is -0.215. The molecule has 1 aliphatic carbocycles. The van der Waals surface area contributed by atoms with E-state index in [1.165, 1.54) is 14.2 Å². The lowest BCUT2D eigenvalue weighted by Crippen LogP contribution is -2.52. The molecule has 1 saturated carbocycles. The molecule has 11 nitrogen and oxygen atoms in total. The van der Waals surface area contributed by atoms with Gasteiger partial charge >= 0.3 is 5.97 Å². The minimum absolute atomic E-state index is 0.131. The fourth-order valence-electron chi connectivity index (χ4n) is 6.75. The van der Waals surface area contributed by atoms with Gasteiger partial charge in [0.15, 0.2) is 11.2 Å². The summed E-state index contributed by atoms with van der Waals surface area (Å²) in [5.74, 6) is -1.61. The van der Waals surface area contributed by atoms with Crippen molar-refractivity contribution in [2.45, 2.75) is 35.6 Å². The molecule has 43 heavy (non-hydrogen) atoms. The Labute approximate surface area is 248 Å². The lowest BCUT2D eigenvalue weighted by atomic mass is 9.70. The zero-order valence-electron chi connectivity index (χ0n) is 24.0. The van der Waals surface area contributed by atoms with Crippen LogP contribution < -0.4 is 18.9 Å². The SMILES string of the molecule is COC(=O)[C@H]1[C@@H](O)[C@@]2(O)c3c(OC)cc(O[C@H]4COC[C@@H](CO)O4)cc3O[C@@]2(c2ccc(OC)cc2)[C@@H]1c1ccccc1. The number of ether oxygens (including phenoxy) is 7. The van der Waals surface area contributed by atoms with Gasteiger partial charge in [0.1, 0.15) is 41.8 Å². The number of esters is 1. The summed E-state index contributed by atoms with van der Waals surface area (Å²) in [5.41, 5.74) is -2.61. The molecular weight excluding hydrogens is 560 g/mol. The van der Waals surface area contributed by atoms with Crippen LogP contribution >= 0.6 is 0 Å². The number of rotatable bonds is 8. The standard InChI is InChI=1S/C32H34O11/c1-37-20-11-9-19(10-12-20)32-27(18-7-5-4-6-8-18)26(30(35)39-3)29(34)31(32,36)28-23(38-2)13-21(14-24(28)43-32)41-25-17-40-16-22(15-33)42-25/h4-14,22,25-27,29,33-34,36H,15-17H2,1-3H3/t22-,25-,26-,27-,29-,31+,32+/m1/s1. The highest BCUT2D eigenvalue weighted by molar-refractivity contribution is 5.78. The smallest absolute Gasteiger partial charge is 0.312 e. The van der Waals surface area contributed by atoms with Crippen LogP contribution in [0.15, 0.2) is 66.7 Å². The van der Waals surface area contributed by atoms with Crippen LogP contribution in [0.1, 0.15) is 22.6 Å². The largest absolute Gasteiger partial charge is 0.497 e. The normalized spacial score (nSPS) is 31.0. The molecule has 0 spiro atoms. The van der Waals surface area contributed by atoms with Gasteiger partial charge in [0.25, 0.3) is 0 Å².